The standard InChI is InChI=1S/C21H19F3N4O/c1-28-6-4-12(5-7-28)17-18-15-3-2-13(16-10-25-11-29-16)8-14(15)9-26-20(18)27-19(17)21(22,23)24/h2-3,8-12H,4-7H2,1H3,(H,26,27). The Labute approximate surface area is 164 Å². The molecular formula is C21H19F3N4O. The number of rotatable bonds is 2. The Hall–Kier alpha value is -2.87. The van der Waals surface area contributed by atoms with Gasteiger partial charge in [-0.3, -0.25) is 0 Å². The van der Waals surface area contributed by atoms with Crippen LogP contribution in [0.3, 0.4) is 0 Å². The number of hydrogen-bond acceptors (Lipinski definition) is 4. The zero-order chi connectivity index (χ0) is 20.2. The van der Waals surface area contributed by atoms with E-state index in [1.807, 2.05) is 25.2 Å². The Morgan fingerprint density at radius 3 is 2.66 bits per heavy atom. The number of aromatic nitrogens is 3. The average molecular weight is 400 g/mol. The van der Waals surface area contributed by atoms with Crippen LogP contribution in [0.4, 0.5) is 13.2 Å². The zero-order valence-electron chi connectivity index (χ0n) is 15.8. The first-order valence-electron chi connectivity index (χ1n) is 9.51. The van der Waals surface area contributed by atoms with E-state index in [-0.39, 0.29) is 11.6 Å². The summed E-state index contributed by atoms with van der Waals surface area (Å²) in [6, 6.07) is 5.57. The highest BCUT2D eigenvalue weighted by Gasteiger charge is 2.39. The second-order valence-electron chi connectivity index (χ2n) is 7.64. The zero-order valence-corrected chi connectivity index (χ0v) is 15.8. The molecule has 29 heavy (non-hydrogen) atoms. The lowest BCUT2D eigenvalue weighted by molar-refractivity contribution is -0.141. The van der Waals surface area contributed by atoms with E-state index >= 15 is 0 Å². The van der Waals surface area contributed by atoms with E-state index in [0.29, 0.717) is 29.6 Å². The number of nitrogens with zero attached hydrogens (tertiary/aromatic N) is 3. The van der Waals surface area contributed by atoms with E-state index in [0.717, 1.165) is 29.4 Å². The summed E-state index contributed by atoms with van der Waals surface area (Å²) in [6.07, 6.45) is 1.49. The van der Waals surface area contributed by atoms with Gasteiger partial charge in [0.15, 0.2) is 12.2 Å². The molecule has 5 rings (SSSR count). The van der Waals surface area contributed by atoms with Crippen molar-refractivity contribution in [3.63, 3.8) is 0 Å². The quantitative estimate of drug-likeness (QED) is 0.503. The molecule has 1 aliphatic rings. The molecule has 1 aliphatic heterocycles. The third kappa shape index (κ3) is 3.07. The predicted molar refractivity (Wildman–Crippen MR) is 104 cm³/mol. The number of piperidine rings is 1. The van der Waals surface area contributed by atoms with Crippen molar-refractivity contribution < 1.29 is 17.6 Å². The highest BCUT2D eigenvalue weighted by Crippen LogP contribution is 2.44. The van der Waals surface area contributed by atoms with Crippen LogP contribution in [0.15, 0.2) is 41.4 Å². The molecule has 0 amide bonds. The minimum Gasteiger partial charge on any atom is -0.444 e. The topological polar surface area (TPSA) is 58.0 Å². The van der Waals surface area contributed by atoms with Crippen LogP contribution in [0.1, 0.15) is 30.0 Å². The highest BCUT2D eigenvalue weighted by atomic mass is 19.4. The van der Waals surface area contributed by atoms with Crippen molar-refractivity contribution in [2.45, 2.75) is 24.9 Å². The number of likely N-dealkylation sites (tertiary alicyclic amines) is 1. The van der Waals surface area contributed by atoms with Crippen molar-refractivity contribution in [1.29, 1.82) is 0 Å². The summed E-state index contributed by atoms with van der Waals surface area (Å²) in [6.45, 7) is 1.56. The lowest BCUT2D eigenvalue weighted by Crippen LogP contribution is -2.30. The first-order valence-corrected chi connectivity index (χ1v) is 9.51. The average Bonchev–Trinajstić information content (AvgIpc) is 3.36. The van der Waals surface area contributed by atoms with E-state index in [4.69, 9.17) is 4.42 Å². The fourth-order valence-electron chi connectivity index (χ4n) is 4.34. The van der Waals surface area contributed by atoms with Gasteiger partial charge in [-0.15, -0.1) is 0 Å². The Morgan fingerprint density at radius 1 is 1.17 bits per heavy atom. The molecule has 0 radical (unpaired) electrons. The van der Waals surface area contributed by atoms with Gasteiger partial charge in [-0.05, 0) is 55.9 Å². The van der Waals surface area contributed by atoms with Crippen molar-refractivity contribution in [3.05, 3.63) is 48.2 Å². The lowest BCUT2D eigenvalue weighted by Gasteiger charge is -2.29. The Kier molecular flexibility index (Phi) is 4.13. The minimum atomic E-state index is -4.45. The van der Waals surface area contributed by atoms with E-state index < -0.39 is 11.9 Å². The van der Waals surface area contributed by atoms with Gasteiger partial charge in [0, 0.05) is 22.5 Å². The molecule has 0 bridgehead atoms. The van der Waals surface area contributed by atoms with E-state index in [1.165, 1.54) is 6.39 Å². The summed E-state index contributed by atoms with van der Waals surface area (Å²) in [7, 11) is 2.00. The monoisotopic (exact) mass is 400 g/mol. The second kappa shape index (κ2) is 6.59. The fraction of sp³-hybridized carbons (Fsp3) is 0.333. The number of benzene rings is 1. The fourth-order valence-corrected chi connectivity index (χ4v) is 4.34. The largest absolute Gasteiger partial charge is 0.444 e. The smallest absolute Gasteiger partial charge is 0.431 e. The number of hydrogen-bond donors (Lipinski definition) is 1. The Balaban J connectivity index is 1.74. The summed E-state index contributed by atoms with van der Waals surface area (Å²) in [4.78, 5) is 13.0. The van der Waals surface area contributed by atoms with E-state index in [2.05, 4.69) is 19.9 Å². The highest BCUT2D eigenvalue weighted by molar-refractivity contribution is 6.08. The van der Waals surface area contributed by atoms with E-state index in [9.17, 15) is 13.2 Å². The maximum Gasteiger partial charge on any atom is 0.431 e. The number of pyridine rings is 1. The number of nitrogens with one attached hydrogen (secondary N) is 1. The molecule has 4 aromatic rings. The molecule has 150 valence electrons. The van der Waals surface area contributed by atoms with Gasteiger partial charge < -0.3 is 14.3 Å². The normalized spacial score (nSPS) is 16.8. The molecule has 1 aromatic carbocycles. The Morgan fingerprint density at radius 2 is 1.97 bits per heavy atom. The van der Waals surface area contributed by atoms with Gasteiger partial charge in [-0.2, -0.15) is 13.2 Å². The molecule has 1 fully saturated rings. The molecule has 0 saturated carbocycles. The molecule has 5 nitrogen and oxygen atoms in total. The summed E-state index contributed by atoms with van der Waals surface area (Å²) in [5.74, 6) is 0.450. The number of fused-ring (bicyclic) bond motifs is 3. The summed E-state index contributed by atoms with van der Waals surface area (Å²) >= 11 is 0. The maximum absolute atomic E-state index is 13.9. The van der Waals surface area contributed by atoms with E-state index in [1.54, 1.807) is 12.4 Å². The number of H-pyrrole nitrogens is 1. The van der Waals surface area contributed by atoms with Gasteiger partial charge in [-0.25, -0.2) is 9.97 Å². The van der Waals surface area contributed by atoms with Crippen LogP contribution in [-0.2, 0) is 6.18 Å². The van der Waals surface area contributed by atoms with Gasteiger partial charge in [0.1, 0.15) is 11.3 Å². The van der Waals surface area contributed by atoms with Crippen LogP contribution >= 0.6 is 0 Å². The second-order valence-corrected chi connectivity index (χ2v) is 7.64. The maximum atomic E-state index is 13.9. The van der Waals surface area contributed by atoms with Crippen LogP contribution in [0.5, 0.6) is 0 Å². The lowest BCUT2D eigenvalue weighted by atomic mass is 9.86. The number of alkyl halides is 3. The number of halogens is 3. The molecule has 8 heteroatoms. The summed E-state index contributed by atoms with van der Waals surface area (Å²) in [5.41, 5.74) is 0.780. The van der Waals surface area contributed by atoms with Crippen molar-refractivity contribution in [1.82, 2.24) is 19.9 Å². The van der Waals surface area contributed by atoms with Gasteiger partial charge in [0.2, 0.25) is 0 Å². The molecule has 1 N–H and O–H groups in total. The SMILES string of the molecule is CN1CCC(c2c(C(F)(F)F)[nH]c3ncc4cc(-c5cnco5)ccc4c23)CC1. The third-order valence-electron chi connectivity index (χ3n) is 5.80. The molecule has 0 unspecified atom stereocenters. The Bertz CT molecular complexity index is 1170. The van der Waals surface area contributed by atoms with Crippen LogP contribution in [0.2, 0.25) is 0 Å². The van der Waals surface area contributed by atoms with Crippen molar-refractivity contribution >= 4 is 21.8 Å². The van der Waals surface area contributed by atoms with Crippen molar-refractivity contribution in [3.8, 4) is 11.3 Å². The number of oxazole rings is 1. The van der Waals surface area contributed by atoms with Crippen LogP contribution in [-0.4, -0.2) is 40.0 Å². The predicted octanol–water partition coefficient (Wildman–Crippen LogP) is 5.20. The molecule has 0 atom stereocenters. The van der Waals surface area contributed by atoms with Crippen LogP contribution < -0.4 is 0 Å². The molecule has 3 aromatic heterocycles. The number of aromatic amines is 1. The third-order valence-corrected chi connectivity index (χ3v) is 5.80. The summed E-state index contributed by atoms with van der Waals surface area (Å²) in [5, 5.41) is 2.11. The molecule has 4 heterocycles. The first-order chi connectivity index (χ1) is 13.9. The molecule has 0 aliphatic carbocycles. The minimum absolute atomic E-state index is 0.155. The first kappa shape index (κ1) is 18.2. The summed E-state index contributed by atoms with van der Waals surface area (Å²) < 4.78 is 47.0. The van der Waals surface area contributed by atoms with Gasteiger partial charge in [-0.1, -0.05) is 12.1 Å². The van der Waals surface area contributed by atoms with Crippen LogP contribution in [0.25, 0.3) is 33.1 Å². The van der Waals surface area contributed by atoms with Gasteiger partial charge >= 0.3 is 6.18 Å². The van der Waals surface area contributed by atoms with Gasteiger partial charge in [0.25, 0.3) is 0 Å². The molecular weight excluding hydrogens is 381 g/mol. The van der Waals surface area contributed by atoms with Crippen molar-refractivity contribution in [2.24, 2.45) is 0 Å². The van der Waals surface area contributed by atoms with Crippen LogP contribution in [0, 0.1) is 0 Å². The van der Waals surface area contributed by atoms with Crippen molar-refractivity contribution in [2.75, 3.05) is 20.1 Å². The van der Waals surface area contributed by atoms with Gasteiger partial charge in [0.05, 0.1) is 6.20 Å². The molecule has 0 spiro atoms. The molecule has 1 saturated heterocycles.